The minimum Gasteiger partial charge on any atom is -0.356 e. The molecular weight excluding hydrogens is 444 g/mol. The van der Waals surface area contributed by atoms with E-state index in [1.807, 2.05) is 41.3 Å². The molecule has 2 N–H and O–H groups in total. The van der Waals surface area contributed by atoms with Crippen molar-refractivity contribution >= 4 is 45.8 Å². The Labute approximate surface area is 198 Å². The van der Waals surface area contributed by atoms with Gasteiger partial charge >= 0.3 is 0 Å². The Kier molecular flexibility index (Phi) is 9.02. The molecule has 1 fully saturated rings. The second-order valence-electron chi connectivity index (χ2n) is 7.86. The first-order valence-electron chi connectivity index (χ1n) is 10.9. The number of carbonyl (C=O) groups excluding carboxylic acids is 2. The number of carbonyl (C=O) groups is 2. The highest BCUT2D eigenvalue weighted by atomic mass is 35.5. The maximum absolute atomic E-state index is 13.2. The number of hydrogen-bond acceptors (Lipinski definition) is 5. The van der Waals surface area contributed by atoms with Crippen molar-refractivity contribution < 1.29 is 9.59 Å². The zero-order chi connectivity index (χ0) is 21.5. The van der Waals surface area contributed by atoms with Crippen molar-refractivity contribution in [2.45, 2.75) is 31.7 Å². The van der Waals surface area contributed by atoms with Gasteiger partial charge in [-0.2, -0.15) is 0 Å². The molecule has 1 atom stereocenters. The van der Waals surface area contributed by atoms with Crippen molar-refractivity contribution in [3.05, 3.63) is 65.2 Å². The molecule has 3 aromatic rings. The zero-order valence-electron chi connectivity index (χ0n) is 18.0. The predicted octanol–water partition coefficient (Wildman–Crippen LogP) is 4.18. The van der Waals surface area contributed by atoms with E-state index in [1.54, 1.807) is 16.8 Å². The number of thiazole rings is 1. The average Bonchev–Trinajstić information content (AvgIpc) is 3.27. The monoisotopic (exact) mass is 472 g/mol. The largest absolute Gasteiger partial charge is 0.356 e. The van der Waals surface area contributed by atoms with Crippen molar-refractivity contribution in [3.63, 3.8) is 0 Å². The Bertz CT molecular complexity index is 1030. The van der Waals surface area contributed by atoms with Crippen molar-refractivity contribution in [1.29, 1.82) is 0 Å². The third-order valence-corrected chi connectivity index (χ3v) is 6.42. The van der Waals surface area contributed by atoms with Gasteiger partial charge in [0.15, 0.2) is 0 Å². The van der Waals surface area contributed by atoms with Gasteiger partial charge in [-0.05, 0) is 49.6 Å². The van der Waals surface area contributed by atoms with Crippen LogP contribution in [0.25, 0.3) is 10.2 Å². The number of aromatic nitrogens is 1. The molecule has 1 unspecified atom stereocenters. The lowest BCUT2D eigenvalue weighted by atomic mass is 10.0. The molecule has 0 saturated carbocycles. The van der Waals surface area contributed by atoms with Crippen LogP contribution in [-0.2, 0) is 4.79 Å². The second-order valence-corrected chi connectivity index (χ2v) is 8.75. The van der Waals surface area contributed by atoms with Crippen LogP contribution in [0.5, 0.6) is 0 Å². The molecule has 4 rings (SSSR count). The molecule has 1 aliphatic heterocycles. The molecule has 1 aliphatic rings. The van der Waals surface area contributed by atoms with Gasteiger partial charge in [-0.25, -0.2) is 4.98 Å². The number of rotatable bonds is 2. The summed E-state index contributed by atoms with van der Waals surface area (Å²) in [6, 6.07) is 15.8. The van der Waals surface area contributed by atoms with Gasteiger partial charge < -0.3 is 15.5 Å². The molecule has 0 bridgehead atoms. The molecule has 1 saturated heterocycles. The Balaban J connectivity index is 0.00000289. The summed E-state index contributed by atoms with van der Waals surface area (Å²) in [7, 11) is 0. The number of nitrogens with zero attached hydrogens (tertiary/aromatic N) is 2. The molecule has 32 heavy (non-hydrogen) atoms. The third-order valence-electron chi connectivity index (χ3n) is 5.63. The smallest absolute Gasteiger partial charge is 0.253 e. The predicted molar refractivity (Wildman–Crippen MR) is 131 cm³/mol. The van der Waals surface area contributed by atoms with Gasteiger partial charge in [0.25, 0.3) is 5.91 Å². The highest BCUT2D eigenvalue weighted by molar-refractivity contribution is 7.16. The van der Waals surface area contributed by atoms with E-state index in [-0.39, 0.29) is 30.3 Å². The first-order chi connectivity index (χ1) is 15.2. The Morgan fingerprint density at radius 1 is 1.03 bits per heavy atom. The van der Waals surface area contributed by atoms with Crippen LogP contribution in [-0.4, -0.2) is 47.9 Å². The molecule has 0 spiro atoms. The summed E-state index contributed by atoms with van der Waals surface area (Å²) in [4.78, 5) is 31.8. The summed E-state index contributed by atoms with van der Waals surface area (Å²) in [5.74, 6) is 0.125. The topological polar surface area (TPSA) is 74.3 Å². The lowest BCUT2D eigenvalue weighted by molar-refractivity contribution is -0.121. The summed E-state index contributed by atoms with van der Waals surface area (Å²) >= 11 is 1.55. The van der Waals surface area contributed by atoms with Crippen LogP contribution in [0.15, 0.2) is 54.0 Å². The van der Waals surface area contributed by atoms with E-state index < -0.39 is 0 Å². The van der Waals surface area contributed by atoms with Crippen LogP contribution in [0, 0.1) is 0 Å². The fourth-order valence-corrected chi connectivity index (χ4v) is 4.65. The minimum atomic E-state index is -0.0279. The summed E-state index contributed by atoms with van der Waals surface area (Å²) in [5.41, 5.74) is 4.56. The van der Waals surface area contributed by atoms with E-state index >= 15 is 0 Å². The molecule has 2 heterocycles. The van der Waals surface area contributed by atoms with Crippen molar-refractivity contribution in [2.24, 2.45) is 0 Å². The molecule has 0 radical (unpaired) electrons. The van der Waals surface area contributed by atoms with Gasteiger partial charge in [0, 0.05) is 37.7 Å². The van der Waals surface area contributed by atoms with Gasteiger partial charge in [-0.15, -0.1) is 23.7 Å². The molecule has 6 nitrogen and oxygen atoms in total. The highest BCUT2D eigenvalue weighted by Gasteiger charge is 2.19. The van der Waals surface area contributed by atoms with Crippen molar-refractivity contribution in [3.8, 4) is 0 Å². The second kappa shape index (κ2) is 11.9. The quantitative estimate of drug-likeness (QED) is 0.586. The van der Waals surface area contributed by atoms with E-state index in [9.17, 15) is 9.59 Å². The van der Waals surface area contributed by atoms with E-state index in [0.29, 0.717) is 31.6 Å². The van der Waals surface area contributed by atoms with Crippen molar-refractivity contribution in [1.82, 2.24) is 20.5 Å². The first kappa shape index (κ1) is 24.2. The Hall–Kier alpha value is -2.48. The van der Waals surface area contributed by atoms with Gasteiger partial charge in [-0.3, -0.25) is 9.59 Å². The number of amides is 2. The van der Waals surface area contributed by atoms with Gasteiger partial charge in [0.1, 0.15) is 0 Å². The van der Waals surface area contributed by atoms with Gasteiger partial charge in [0.05, 0.1) is 15.7 Å². The third kappa shape index (κ3) is 6.28. The van der Waals surface area contributed by atoms with E-state index in [2.05, 4.69) is 27.8 Å². The minimum absolute atomic E-state index is 0. The summed E-state index contributed by atoms with van der Waals surface area (Å²) in [6.07, 6.45) is 2.97. The lowest BCUT2D eigenvalue weighted by Crippen LogP contribution is -2.35. The normalized spacial score (nSPS) is 18.6. The van der Waals surface area contributed by atoms with Gasteiger partial charge in [-0.1, -0.05) is 30.3 Å². The number of hydrogen-bond donors (Lipinski definition) is 2. The van der Waals surface area contributed by atoms with Crippen molar-refractivity contribution in [2.75, 3.05) is 26.2 Å². The molecule has 2 aromatic carbocycles. The summed E-state index contributed by atoms with van der Waals surface area (Å²) < 4.78 is 1.03. The standard InChI is InChI=1S/C24H28N4O2S.ClH/c29-23-16-21(18-7-2-1-3-8-18)25-12-6-14-28(13-5-4-11-26-23)24(30)19-9-10-20-22(15-19)31-17-27-20;/h1-3,7-10,15,17,21,25H,4-6,11-14,16H2,(H,26,29);1H. The first-order valence-corrected chi connectivity index (χ1v) is 11.8. The van der Waals surface area contributed by atoms with Crippen LogP contribution in [0.3, 0.4) is 0 Å². The Morgan fingerprint density at radius 2 is 1.84 bits per heavy atom. The molecule has 0 aliphatic carbocycles. The van der Waals surface area contributed by atoms with Crippen LogP contribution in [0.4, 0.5) is 0 Å². The fraction of sp³-hybridized carbons (Fsp3) is 0.375. The van der Waals surface area contributed by atoms with Gasteiger partial charge in [0.2, 0.25) is 5.91 Å². The number of fused-ring (bicyclic) bond motifs is 1. The molecule has 2 amide bonds. The van der Waals surface area contributed by atoms with Crippen LogP contribution in [0.2, 0.25) is 0 Å². The Morgan fingerprint density at radius 3 is 2.69 bits per heavy atom. The van der Waals surface area contributed by atoms with Crippen LogP contribution in [0.1, 0.15) is 47.6 Å². The van der Waals surface area contributed by atoms with E-state index in [0.717, 1.165) is 41.6 Å². The number of nitrogens with one attached hydrogen (secondary N) is 2. The van der Waals surface area contributed by atoms with E-state index in [4.69, 9.17) is 0 Å². The maximum atomic E-state index is 13.2. The zero-order valence-corrected chi connectivity index (χ0v) is 19.6. The summed E-state index contributed by atoms with van der Waals surface area (Å²) in [6.45, 7) is 2.76. The SMILES string of the molecule is Cl.O=C1CC(c2ccccc2)NCCCN(C(=O)c2ccc3ncsc3c2)CCCCN1. The van der Waals surface area contributed by atoms with E-state index in [1.165, 1.54) is 0 Å². The molecular formula is C24H29ClN4O2S. The summed E-state index contributed by atoms with van der Waals surface area (Å²) in [5, 5.41) is 6.54. The highest BCUT2D eigenvalue weighted by Crippen LogP contribution is 2.21. The maximum Gasteiger partial charge on any atom is 0.253 e. The fourth-order valence-electron chi connectivity index (χ4n) is 3.94. The average molecular weight is 473 g/mol. The van der Waals surface area contributed by atoms with Crippen LogP contribution < -0.4 is 10.6 Å². The molecule has 1 aromatic heterocycles. The number of halogens is 1. The molecule has 170 valence electrons. The van der Waals surface area contributed by atoms with Crippen LogP contribution >= 0.6 is 23.7 Å². The molecule has 8 heteroatoms. The lowest BCUT2D eigenvalue weighted by Gasteiger charge is -2.23. The number of benzene rings is 2.